The molecule has 0 bridgehead atoms. The predicted octanol–water partition coefficient (Wildman–Crippen LogP) is 1.20. The molecule has 0 aliphatic carbocycles. The Hall–Kier alpha value is -1.11. The highest BCUT2D eigenvalue weighted by Crippen LogP contribution is 2.30. The minimum absolute atomic E-state index is 0.0298. The number of rotatable bonds is 10. The Bertz CT molecular complexity index is 353. The summed E-state index contributed by atoms with van der Waals surface area (Å²) in [6.07, 6.45) is 4.91. The van der Waals surface area contributed by atoms with Crippen LogP contribution in [0.3, 0.4) is 0 Å². The smallest absolute Gasteiger partial charge is 0.233 e. The molecule has 0 aromatic rings. The van der Waals surface area contributed by atoms with Gasteiger partial charge in [-0.2, -0.15) is 0 Å². The summed E-state index contributed by atoms with van der Waals surface area (Å²) in [5, 5.41) is 14.8. The molecule has 1 unspecified atom stereocenters. The van der Waals surface area contributed by atoms with E-state index in [1.165, 1.54) is 0 Å². The van der Waals surface area contributed by atoms with Gasteiger partial charge in [-0.1, -0.05) is 31.8 Å². The quantitative estimate of drug-likeness (QED) is 0.185. The minimum atomic E-state index is -0.941. The van der Waals surface area contributed by atoms with Gasteiger partial charge in [-0.05, 0) is 19.3 Å². The first-order valence-corrected chi connectivity index (χ1v) is 8.73. The number of hydrogen-bond donors (Lipinski definition) is 3. The van der Waals surface area contributed by atoms with E-state index in [9.17, 15) is 9.00 Å². The van der Waals surface area contributed by atoms with Gasteiger partial charge >= 0.3 is 0 Å². The summed E-state index contributed by atoms with van der Waals surface area (Å²) in [6.45, 7) is 4.37. The Morgan fingerprint density at radius 1 is 1.35 bits per heavy atom. The Balaban J connectivity index is 4.82. The standard InChI is InChI=1S/C13H27N3O3S/c1-4-7-13(8-5-2,11(14)16-18)12(17)15-9-6-10-20(3)19/h18H,4-10H2,1-3H3,(H2,14,16)(H,15,17). The Kier molecular flexibility index (Phi) is 9.20. The summed E-state index contributed by atoms with van der Waals surface area (Å²) in [7, 11) is -0.858. The molecule has 7 heteroatoms. The highest BCUT2D eigenvalue weighted by molar-refractivity contribution is 7.84. The molecule has 20 heavy (non-hydrogen) atoms. The molecule has 1 atom stereocenters. The third-order valence-corrected chi connectivity index (χ3v) is 4.14. The number of carbonyl (C=O) groups is 1. The lowest BCUT2D eigenvalue weighted by atomic mass is 9.77. The Labute approximate surface area is 123 Å². The van der Waals surface area contributed by atoms with Crippen molar-refractivity contribution in [2.75, 3.05) is 18.6 Å². The largest absolute Gasteiger partial charge is 0.409 e. The number of oxime groups is 1. The molecule has 0 radical (unpaired) electrons. The number of amides is 1. The fourth-order valence-corrected chi connectivity index (χ4v) is 2.87. The summed E-state index contributed by atoms with van der Waals surface area (Å²) in [6, 6.07) is 0. The van der Waals surface area contributed by atoms with Crippen molar-refractivity contribution in [3.8, 4) is 0 Å². The summed E-state index contributed by atoms with van der Waals surface area (Å²) in [5.74, 6) is 0.314. The highest BCUT2D eigenvalue weighted by Gasteiger charge is 2.41. The SMILES string of the molecule is CCCC(CCC)(C(=O)NCCCS(C)=O)C(N)=NO. The number of amidine groups is 1. The van der Waals surface area contributed by atoms with Crippen LogP contribution in [0.2, 0.25) is 0 Å². The summed E-state index contributed by atoms with van der Waals surface area (Å²) in [5.41, 5.74) is 4.83. The van der Waals surface area contributed by atoms with Crippen LogP contribution in [0.5, 0.6) is 0 Å². The first-order chi connectivity index (χ1) is 9.44. The molecular formula is C13H27N3O3S. The van der Waals surface area contributed by atoms with Gasteiger partial charge < -0.3 is 16.3 Å². The number of nitrogens with one attached hydrogen (secondary N) is 1. The van der Waals surface area contributed by atoms with Crippen molar-refractivity contribution >= 4 is 22.5 Å². The topological polar surface area (TPSA) is 105 Å². The summed E-state index contributed by atoms with van der Waals surface area (Å²) >= 11 is 0. The van der Waals surface area contributed by atoms with E-state index in [0.29, 0.717) is 31.6 Å². The number of carbonyl (C=O) groups excluding carboxylic acids is 1. The molecule has 0 saturated heterocycles. The van der Waals surface area contributed by atoms with Gasteiger partial charge in [-0.25, -0.2) is 0 Å². The number of nitrogens with zero attached hydrogens (tertiary/aromatic N) is 1. The average molecular weight is 305 g/mol. The lowest BCUT2D eigenvalue weighted by Gasteiger charge is -2.30. The minimum Gasteiger partial charge on any atom is -0.409 e. The fraction of sp³-hybridized carbons (Fsp3) is 0.846. The van der Waals surface area contributed by atoms with Crippen LogP contribution in [0.1, 0.15) is 46.0 Å². The molecule has 4 N–H and O–H groups in total. The van der Waals surface area contributed by atoms with Crippen LogP contribution in [0, 0.1) is 5.41 Å². The normalized spacial score (nSPS) is 14.1. The monoisotopic (exact) mass is 305 g/mol. The zero-order valence-electron chi connectivity index (χ0n) is 12.6. The molecule has 1 amide bonds. The molecule has 0 saturated carbocycles. The van der Waals surface area contributed by atoms with Crippen LogP contribution < -0.4 is 11.1 Å². The van der Waals surface area contributed by atoms with E-state index in [0.717, 1.165) is 12.8 Å². The lowest BCUT2D eigenvalue weighted by molar-refractivity contribution is -0.128. The third-order valence-electron chi connectivity index (χ3n) is 3.28. The zero-order valence-corrected chi connectivity index (χ0v) is 13.5. The van der Waals surface area contributed by atoms with Crippen LogP contribution in [0.15, 0.2) is 5.16 Å². The van der Waals surface area contributed by atoms with Gasteiger partial charge in [0.25, 0.3) is 0 Å². The molecule has 0 aliphatic heterocycles. The van der Waals surface area contributed by atoms with E-state index in [-0.39, 0.29) is 11.7 Å². The van der Waals surface area contributed by atoms with Gasteiger partial charge in [0.05, 0.1) is 0 Å². The number of nitrogens with two attached hydrogens (primary N) is 1. The van der Waals surface area contributed by atoms with E-state index < -0.39 is 16.2 Å². The van der Waals surface area contributed by atoms with Crippen molar-refractivity contribution in [1.29, 1.82) is 0 Å². The molecule has 6 nitrogen and oxygen atoms in total. The Morgan fingerprint density at radius 2 is 1.90 bits per heavy atom. The van der Waals surface area contributed by atoms with Gasteiger partial charge in [0, 0.05) is 29.4 Å². The van der Waals surface area contributed by atoms with E-state index in [4.69, 9.17) is 10.9 Å². The summed E-state index contributed by atoms with van der Waals surface area (Å²) < 4.78 is 11.0. The molecule has 0 aromatic carbocycles. The van der Waals surface area contributed by atoms with Crippen molar-refractivity contribution in [2.45, 2.75) is 46.0 Å². The zero-order chi connectivity index (χ0) is 15.6. The van der Waals surface area contributed by atoms with Crippen LogP contribution >= 0.6 is 0 Å². The molecule has 0 aliphatic rings. The molecule has 0 aromatic heterocycles. The van der Waals surface area contributed by atoms with Crippen molar-refractivity contribution in [2.24, 2.45) is 16.3 Å². The van der Waals surface area contributed by atoms with Gasteiger partial charge in [-0.3, -0.25) is 9.00 Å². The average Bonchev–Trinajstić information content (AvgIpc) is 2.41. The van der Waals surface area contributed by atoms with E-state index in [1.54, 1.807) is 6.26 Å². The Morgan fingerprint density at radius 3 is 2.30 bits per heavy atom. The van der Waals surface area contributed by atoms with Crippen molar-refractivity contribution in [3.63, 3.8) is 0 Å². The van der Waals surface area contributed by atoms with E-state index in [2.05, 4.69) is 10.5 Å². The van der Waals surface area contributed by atoms with E-state index in [1.807, 2.05) is 13.8 Å². The maximum absolute atomic E-state index is 12.4. The van der Waals surface area contributed by atoms with Gasteiger partial charge in [0.1, 0.15) is 5.41 Å². The predicted molar refractivity (Wildman–Crippen MR) is 82.2 cm³/mol. The van der Waals surface area contributed by atoms with Gasteiger partial charge in [-0.15, -0.1) is 0 Å². The first-order valence-electron chi connectivity index (χ1n) is 7.00. The second-order valence-corrected chi connectivity index (χ2v) is 6.51. The van der Waals surface area contributed by atoms with Crippen LogP contribution in [-0.2, 0) is 15.6 Å². The van der Waals surface area contributed by atoms with E-state index >= 15 is 0 Å². The first kappa shape index (κ1) is 18.9. The third kappa shape index (κ3) is 5.48. The maximum atomic E-state index is 12.4. The van der Waals surface area contributed by atoms with Gasteiger partial charge in [0.2, 0.25) is 5.91 Å². The molecule has 0 heterocycles. The fourth-order valence-electron chi connectivity index (χ4n) is 2.32. The number of hydrogen-bond acceptors (Lipinski definition) is 4. The molecule has 0 fully saturated rings. The highest BCUT2D eigenvalue weighted by atomic mass is 32.2. The van der Waals surface area contributed by atoms with Crippen LogP contribution in [-0.4, -0.2) is 39.7 Å². The summed E-state index contributed by atoms with van der Waals surface area (Å²) in [4.78, 5) is 12.4. The van der Waals surface area contributed by atoms with Crippen molar-refractivity contribution in [3.05, 3.63) is 0 Å². The molecule has 118 valence electrons. The van der Waals surface area contributed by atoms with Crippen molar-refractivity contribution in [1.82, 2.24) is 5.32 Å². The second kappa shape index (κ2) is 9.74. The maximum Gasteiger partial charge on any atom is 0.233 e. The molecular weight excluding hydrogens is 278 g/mol. The lowest BCUT2D eigenvalue weighted by Crippen LogP contribution is -2.50. The van der Waals surface area contributed by atoms with Crippen molar-refractivity contribution < 1.29 is 14.2 Å². The molecule has 0 spiro atoms. The van der Waals surface area contributed by atoms with Crippen LogP contribution in [0.25, 0.3) is 0 Å². The van der Waals surface area contributed by atoms with Gasteiger partial charge in [0.15, 0.2) is 5.84 Å². The second-order valence-electron chi connectivity index (χ2n) is 4.95. The van der Waals surface area contributed by atoms with Crippen LogP contribution in [0.4, 0.5) is 0 Å². The molecule has 0 rings (SSSR count).